The Kier molecular flexibility index (Phi) is 4.93. The molecule has 1 aliphatic rings. The molecule has 2 aromatic rings. The number of allylic oxidation sites excluding steroid dienone is 1. The summed E-state index contributed by atoms with van der Waals surface area (Å²) < 4.78 is 1.94. The number of piperazine rings is 1. The van der Waals surface area contributed by atoms with Crippen molar-refractivity contribution in [2.45, 2.75) is 20.0 Å². The van der Waals surface area contributed by atoms with Gasteiger partial charge < -0.3 is 4.90 Å². The SMILES string of the molecule is C=CCn1cc(CN2CCN(c3ncc(Cl)cn3)CC2)c(C)n1. The molecular formula is C16H21ClN6. The highest BCUT2D eigenvalue weighted by atomic mass is 35.5. The first-order valence-electron chi connectivity index (χ1n) is 7.74. The normalized spacial score (nSPS) is 15.8. The zero-order valence-corrected chi connectivity index (χ0v) is 14.1. The molecule has 0 radical (unpaired) electrons. The fourth-order valence-corrected chi connectivity index (χ4v) is 2.85. The largest absolute Gasteiger partial charge is 0.338 e. The number of hydrogen-bond acceptors (Lipinski definition) is 5. The molecule has 1 saturated heterocycles. The Morgan fingerprint density at radius 3 is 2.57 bits per heavy atom. The Hall–Kier alpha value is -1.92. The quantitative estimate of drug-likeness (QED) is 0.785. The lowest BCUT2D eigenvalue weighted by molar-refractivity contribution is 0.248. The maximum atomic E-state index is 5.84. The Labute approximate surface area is 141 Å². The summed E-state index contributed by atoms with van der Waals surface area (Å²) in [6.07, 6.45) is 7.27. The van der Waals surface area contributed by atoms with Gasteiger partial charge in [0.15, 0.2) is 0 Å². The molecule has 7 heteroatoms. The monoisotopic (exact) mass is 332 g/mol. The van der Waals surface area contributed by atoms with Crippen molar-refractivity contribution in [2.24, 2.45) is 0 Å². The van der Waals surface area contributed by atoms with E-state index in [0.29, 0.717) is 5.02 Å². The minimum atomic E-state index is 0.569. The highest BCUT2D eigenvalue weighted by Gasteiger charge is 2.20. The summed E-state index contributed by atoms with van der Waals surface area (Å²) in [7, 11) is 0. The minimum absolute atomic E-state index is 0.569. The number of anilines is 1. The fraction of sp³-hybridized carbons (Fsp3) is 0.438. The Bertz CT molecular complexity index is 658. The second-order valence-electron chi connectivity index (χ2n) is 5.71. The molecule has 0 aromatic carbocycles. The van der Waals surface area contributed by atoms with Gasteiger partial charge in [0, 0.05) is 44.5 Å². The minimum Gasteiger partial charge on any atom is -0.338 e. The summed E-state index contributed by atoms with van der Waals surface area (Å²) >= 11 is 5.84. The summed E-state index contributed by atoms with van der Waals surface area (Å²) in [4.78, 5) is 13.2. The van der Waals surface area contributed by atoms with Crippen molar-refractivity contribution in [2.75, 3.05) is 31.1 Å². The van der Waals surface area contributed by atoms with Crippen molar-refractivity contribution in [3.8, 4) is 0 Å². The first kappa shape index (κ1) is 16.0. The molecule has 1 aliphatic heterocycles. The van der Waals surface area contributed by atoms with Gasteiger partial charge in [-0.3, -0.25) is 9.58 Å². The molecule has 0 atom stereocenters. The van der Waals surface area contributed by atoms with E-state index in [-0.39, 0.29) is 0 Å². The van der Waals surface area contributed by atoms with Crippen LogP contribution in [0.3, 0.4) is 0 Å². The molecule has 0 N–H and O–H groups in total. The first-order valence-corrected chi connectivity index (χ1v) is 8.12. The van der Waals surface area contributed by atoms with Crippen LogP contribution in [0.1, 0.15) is 11.3 Å². The van der Waals surface area contributed by atoms with Gasteiger partial charge in [-0.05, 0) is 6.92 Å². The third-order valence-corrected chi connectivity index (χ3v) is 4.22. The predicted octanol–water partition coefficient (Wildman–Crippen LogP) is 2.14. The molecule has 0 bridgehead atoms. The number of aromatic nitrogens is 4. The van der Waals surface area contributed by atoms with E-state index in [1.807, 2.05) is 10.8 Å². The van der Waals surface area contributed by atoms with Crippen LogP contribution < -0.4 is 4.90 Å². The van der Waals surface area contributed by atoms with Crippen molar-refractivity contribution < 1.29 is 0 Å². The Balaban J connectivity index is 1.56. The van der Waals surface area contributed by atoms with Crippen LogP contribution in [-0.2, 0) is 13.1 Å². The lowest BCUT2D eigenvalue weighted by atomic mass is 10.2. The highest BCUT2D eigenvalue weighted by molar-refractivity contribution is 6.30. The van der Waals surface area contributed by atoms with Gasteiger partial charge in [-0.25, -0.2) is 9.97 Å². The molecule has 0 aliphatic carbocycles. The summed E-state index contributed by atoms with van der Waals surface area (Å²) in [5, 5.41) is 5.08. The van der Waals surface area contributed by atoms with Gasteiger partial charge in [0.05, 0.1) is 29.7 Å². The van der Waals surface area contributed by atoms with Crippen molar-refractivity contribution in [3.05, 3.63) is 47.5 Å². The van der Waals surface area contributed by atoms with Crippen molar-refractivity contribution in [1.29, 1.82) is 0 Å². The number of aryl methyl sites for hydroxylation is 1. The predicted molar refractivity (Wildman–Crippen MR) is 91.7 cm³/mol. The van der Waals surface area contributed by atoms with Gasteiger partial charge in [-0.1, -0.05) is 17.7 Å². The van der Waals surface area contributed by atoms with E-state index in [0.717, 1.165) is 50.9 Å². The van der Waals surface area contributed by atoms with Crippen molar-refractivity contribution in [1.82, 2.24) is 24.6 Å². The number of hydrogen-bond donors (Lipinski definition) is 0. The van der Waals surface area contributed by atoms with E-state index in [4.69, 9.17) is 11.6 Å². The maximum absolute atomic E-state index is 5.84. The lowest BCUT2D eigenvalue weighted by Gasteiger charge is -2.34. The number of halogens is 1. The van der Waals surface area contributed by atoms with Crippen LogP contribution in [0.15, 0.2) is 31.2 Å². The third-order valence-electron chi connectivity index (χ3n) is 4.02. The summed E-state index contributed by atoms with van der Waals surface area (Å²) in [6.45, 7) is 11.3. The van der Waals surface area contributed by atoms with Gasteiger partial charge in [0.2, 0.25) is 5.95 Å². The topological polar surface area (TPSA) is 50.1 Å². The highest BCUT2D eigenvalue weighted by Crippen LogP contribution is 2.15. The zero-order chi connectivity index (χ0) is 16.2. The van der Waals surface area contributed by atoms with Crippen LogP contribution in [0.5, 0.6) is 0 Å². The zero-order valence-electron chi connectivity index (χ0n) is 13.3. The maximum Gasteiger partial charge on any atom is 0.225 e. The summed E-state index contributed by atoms with van der Waals surface area (Å²) in [5.41, 5.74) is 2.37. The van der Waals surface area contributed by atoms with Crippen molar-refractivity contribution in [3.63, 3.8) is 0 Å². The molecule has 0 unspecified atom stereocenters. The molecule has 2 aromatic heterocycles. The standard InChI is InChI=1S/C16H21ClN6/c1-3-4-23-12-14(13(2)20-23)11-21-5-7-22(8-6-21)16-18-9-15(17)10-19-16/h3,9-10,12H,1,4-8,11H2,2H3. The number of nitrogens with zero attached hydrogens (tertiary/aromatic N) is 6. The third kappa shape index (κ3) is 3.89. The van der Waals surface area contributed by atoms with E-state index < -0.39 is 0 Å². The molecular weight excluding hydrogens is 312 g/mol. The average Bonchev–Trinajstić information content (AvgIpc) is 2.89. The molecule has 3 heterocycles. The molecule has 6 nitrogen and oxygen atoms in total. The smallest absolute Gasteiger partial charge is 0.225 e. The molecule has 23 heavy (non-hydrogen) atoms. The van der Waals surface area contributed by atoms with E-state index in [1.165, 1.54) is 5.56 Å². The van der Waals surface area contributed by atoms with Gasteiger partial charge in [-0.2, -0.15) is 5.10 Å². The molecule has 122 valence electrons. The number of rotatable bonds is 5. The second-order valence-corrected chi connectivity index (χ2v) is 6.15. The molecule has 0 spiro atoms. The fourth-order valence-electron chi connectivity index (χ4n) is 2.76. The molecule has 0 saturated carbocycles. The van der Waals surface area contributed by atoms with Gasteiger partial charge >= 0.3 is 0 Å². The second kappa shape index (κ2) is 7.10. The van der Waals surface area contributed by atoms with Gasteiger partial charge in [0.25, 0.3) is 0 Å². The first-order chi connectivity index (χ1) is 11.2. The average molecular weight is 333 g/mol. The van der Waals surface area contributed by atoms with E-state index in [9.17, 15) is 0 Å². The summed E-state index contributed by atoms with van der Waals surface area (Å²) in [5.74, 6) is 0.754. The Morgan fingerprint density at radius 1 is 1.22 bits per heavy atom. The lowest BCUT2D eigenvalue weighted by Crippen LogP contribution is -2.46. The van der Waals surface area contributed by atoms with Crippen LogP contribution >= 0.6 is 11.6 Å². The molecule has 3 rings (SSSR count). The van der Waals surface area contributed by atoms with Crippen LogP contribution in [0.4, 0.5) is 5.95 Å². The van der Waals surface area contributed by atoms with E-state index >= 15 is 0 Å². The van der Waals surface area contributed by atoms with Gasteiger partial charge in [-0.15, -0.1) is 6.58 Å². The molecule has 1 fully saturated rings. The van der Waals surface area contributed by atoms with Crippen molar-refractivity contribution >= 4 is 17.5 Å². The van der Waals surface area contributed by atoms with Crippen LogP contribution in [-0.4, -0.2) is 50.8 Å². The van der Waals surface area contributed by atoms with E-state index in [2.05, 4.69) is 44.6 Å². The Morgan fingerprint density at radius 2 is 1.91 bits per heavy atom. The van der Waals surface area contributed by atoms with E-state index in [1.54, 1.807) is 12.4 Å². The molecule has 0 amide bonds. The summed E-state index contributed by atoms with van der Waals surface area (Å²) in [6, 6.07) is 0. The van der Waals surface area contributed by atoms with Crippen LogP contribution in [0, 0.1) is 6.92 Å². The van der Waals surface area contributed by atoms with Crippen LogP contribution in [0.25, 0.3) is 0 Å². The van der Waals surface area contributed by atoms with Crippen LogP contribution in [0.2, 0.25) is 5.02 Å². The van der Waals surface area contributed by atoms with Gasteiger partial charge in [0.1, 0.15) is 0 Å².